The standard InChI is InChI=1S/C16H15NS/c1-12-2-4-13(5-3-12)6-7-14-8-9-15-16(10-14)18-11-17-15/h2-5,8-11H,6-7H2,1H3. The zero-order valence-corrected chi connectivity index (χ0v) is 11.2. The quantitative estimate of drug-likeness (QED) is 0.674. The molecule has 3 aromatic rings. The Morgan fingerprint density at radius 1 is 0.944 bits per heavy atom. The van der Waals surface area contributed by atoms with E-state index in [4.69, 9.17) is 0 Å². The van der Waals surface area contributed by atoms with Crippen molar-refractivity contribution in [2.45, 2.75) is 19.8 Å². The molecule has 0 amide bonds. The van der Waals surface area contributed by atoms with Gasteiger partial charge >= 0.3 is 0 Å². The van der Waals surface area contributed by atoms with E-state index in [-0.39, 0.29) is 0 Å². The van der Waals surface area contributed by atoms with Crippen LogP contribution in [0.4, 0.5) is 0 Å². The first-order chi connectivity index (χ1) is 8.81. The maximum absolute atomic E-state index is 4.31. The van der Waals surface area contributed by atoms with Gasteiger partial charge in [0.1, 0.15) is 0 Å². The van der Waals surface area contributed by atoms with E-state index in [1.807, 2.05) is 5.51 Å². The van der Waals surface area contributed by atoms with Gasteiger partial charge in [-0.2, -0.15) is 0 Å². The Kier molecular flexibility index (Phi) is 3.11. The number of nitrogens with zero attached hydrogens (tertiary/aromatic N) is 1. The summed E-state index contributed by atoms with van der Waals surface area (Å²) in [6, 6.07) is 15.4. The van der Waals surface area contributed by atoms with Crippen LogP contribution in [0, 0.1) is 6.92 Å². The molecule has 1 nitrogen and oxygen atoms in total. The van der Waals surface area contributed by atoms with Crippen molar-refractivity contribution in [1.29, 1.82) is 0 Å². The van der Waals surface area contributed by atoms with Crippen LogP contribution in [0.3, 0.4) is 0 Å². The molecule has 0 unspecified atom stereocenters. The molecule has 0 atom stereocenters. The van der Waals surface area contributed by atoms with Gasteiger partial charge in [0.2, 0.25) is 0 Å². The van der Waals surface area contributed by atoms with Crippen molar-refractivity contribution in [3.63, 3.8) is 0 Å². The van der Waals surface area contributed by atoms with E-state index in [2.05, 4.69) is 54.4 Å². The third-order valence-electron chi connectivity index (χ3n) is 3.22. The van der Waals surface area contributed by atoms with Gasteiger partial charge in [-0.1, -0.05) is 35.9 Å². The number of hydrogen-bond acceptors (Lipinski definition) is 2. The summed E-state index contributed by atoms with van der Waals surface area (Å²) in [5, 5.41) is 0. The van der Waals surface area contributed by atoms with Gasteiger partial charge in [-0.05, 0) is 43.0 Å². The molecule has 3 rings (SSSR count). The molecule has 90 valence electrons. The lowest BCUT2D eigenvalue weighted by Gasteiger charge is -2.03. The van der Waals surface area contributed by atoms with Crippen molar-refractivity contribution in [3.8, 4) is 0 Å². The van der Waals surface area contributed by atoms with Crippen LogP contribution in [0.25, 0.3) is 10.2 Å². The second kappa shape index (κ2) is 4.91. The predicted octanol–water partition coefficient (Wildman–Crippen LogP) is 4.39. The van der Waals surface area contributed by atoms with Crippen LogP contribution in [0.15, 0.2) is 48.0 Å². The molecule has 18 heavy (non-hydrogen) atoms. The minimum Gasteiger partial charge on any atom is -0.245 e. The molecule has 0 bridgehead atoms. The Hall–Kier alpha value is -1.67. The van der Waals surface area contributed by atoms with Crippen molar-refractivity contribution < 1.29 is 0 Å². The summed E-state index contributed by atoms with van der Waals surface area (Å²) in [5.74, 6) is 0. The van der Waals surface area contributed by atoms with Crippen LogP contribution in [0.1, 0.15) is 16.7 Å². The first-order valence-corrected chi connectivity index (χ1v) is 7.07. The minimum atomic E-state index is 1.09. The van der Waals surface area contributed by atoms with Crippen LogP contribution < -0.4 is 0 Å². The first kappa shape index (κ1) is 11.4. The van der Waals surface area contributed by atoms with Crippen molar-refractivity contribution in [2.24, 2.45) is 0 Å². The Labute approximate surface area is 111 Å². The third kappa shape index (κ3) is 2.44. The van der Waals surface area contributed by atoms with E-state index in [0.717, 1.165) is 18.4 Å². The highest BCUT2D eigenvalue weighted by Gasteiger charge is 2.00. The van der Waals surface area contributed by atoms with Crippen molar-refractivity contribution in [1.82, 2.24) is 4.98 Å². The Morgan fingerprint density at radius 2 is 1.67 bits per heavy atom. The molecular weight excluding hydrogens is 238 g/mol. The average molecular weight is 253 g/mol. The topological polar surface area (TPSA) is 12.9 Å². The van der Waals surface area contributed by atoms with Crippen LogP contribution in [0.2, 0.25) is 0 Å². The van der Waals surface area contributed by atoms with Gasteiger partial charge in [0.05, 0.1) is 15.7 Å². The van der Waals surface area contributed by atoms with E-state index >= 15 is 0 Å². The van der Waals surface area contributed by atoms with Crippen LogP contribution in [0.5, 0.6) is 0 Å². The lowest BCUT2D eigenvalue weighted by molar-refractivity contribution is 0.961. The van der Waals surface area contributed by atoms with Crippen molar-refractivity contribution in [3.05, 3.63) is 64.7 Å². The fourth-order valence-corrected chi connectivity index (χ4v) is 2.84. The Balaban J connectivity index is 1.74. The van der Waals surface area contributed by atoms with E-state index in [1.165, 1.54) is 21.4 Å². The number of benzene rings is 2. The van der Waals surface area contributed by atoms with Gasteiger partial charge in [0, 0.05) is 0 Å². The summed E-state index contributed by atoms with van der Waals surface area (Å²) in [5.41, 5.74) is 7.15. The summed E-state index contributed by atoms with van der Waals surface area (Å²) in [4.78, 5) is 4.31. The molecule has 0 aliphatic rings. The minimum absolute atomic E-state index is 1.09. The Morgan fingerprint density at radius 3 is 2.50 bits per heavy atom. The van der Waals surface area contributed by atoms with Gasteiger partial charge in [-0.3, -0.25) is 0 Å². The Bertz CT molecular complexity index is 652. The average Bonchev–Trinajstić information content (AvgIpc) is 2.85. The number of rotatable bonds is 3. The maximum Gasteiger partial charge on any atom is 0.0812 e. The summed E-state index contributed by atoms with van der Waals surface area (Å²) >= 11 is 1.71. The molecule has 1 heterocycles. The molecule has 0 N–H and O–H groups in total. The fraction of sp³-hybridized carbons (Fsp3) is 0.188. The smallest absolute Gasteiger partial charge is 0.0812 e. The molecule has 2 aromatic carbocycles. The zero-order valence-electron chi connectivity index (χ0n) is 10.4. The molecule has 1 aromatic heterocycles. The monoisotopic (exact) mass is 253 g/mol. The van der Waals surface area contributed by atoms with E-state index in [9.17, 15) is 0 Å². The SMILES string of the molecule is Cc1ccc(CCc2ccc3ncsc3c2)cc1. The van der Waals surface area contributed by atoms with Gasteiger partial charge < -0.3 is 0 Å². The lowest BCUT2D eigenvalue weighted by atomic mass is 10.0. The molecular formula is C16H15NS. The van der Waals surface area contributed by atoms with Crippen molar-refractivity contribution >= 4 is 21.6 Å². The van der Waals surface area contributed by atoms with E-state index < -0.39 is 0 Å². The van der Waals surface area contributed by atoms with Gasteiger partial charge in [0.25, 0.3) is 0 Å². The number of aryl methyl sites for hydroxylation is 3. The molecule has 0 saturated carbocycles. The van der Waals surface area contributed by atoms with Gasteiger partial charge in [-0.15, -0.1) is 11.3 Å². The van der Waals surface area contributed by atoms with E-state index in [1.54, 1.807) is 11.3 Å². The fourth-order valence-electron chi connectivity index (χ4n) is 2.10. The number of aromatic nitrogens is 1. The largest absolute Gasteiger partial charge is 0.245 e. The highest BCUT2D eigenvalue weighted by atomic mass is 32.1. The second-order valence-electron chi connectivity index (χ2n) is 4.64. The summed E-state index contributed by atoms with van der Waals surface area (Å²) in [7, 11) is 0. The van der Waals surface area contributed by atoms with Crippen molar-refractivity contribution in [2.75, 3.05) is 0 Å². The first-order valence-electron chi connectivity index (χ1n) is 6.19. The summed E-state index contributed by atoms with van der Waals surface area (Å²) < 4.78 is 1.29. The normalized spacial score (nSPS) is 10.9. The third-order valence-corrected chi connectivity index (χ3v) is 4.01. The predicted molar refractivity (Wildman–Crippen MR) is 78.2 cm³/mol. The number of thiazole rings is 1. The summed E-state index contributed by atoms with van der Waals surface area (Å²) in [6.07, 6.45) is 2.20. The lowest BCUT2D eigenvalue weighted by Crippen LogP contribution is -1.91. The molecule has 2 heteroatoms. The van der Waals surface area contributed by atoms with Gasteiger partial charge in [-0.25, -0.2) is 4.98 Å². The molecule has 0 radical (unpaired) electrons. The molecule has 0 saturated heterocycles. The highest BCUT2D eigenvalue weighted by Crippen LogP contribution is 2.20. The molecule has 0 aliphatic carbocycles. The molecule has 0 spiro atoms. The van der Waals surface area contributed by atoms with Crippen LogP contribution >= 0.6 is 11.3 Å². The van der Waals surface area contributed by atoms with E-state index in [0.29, 0.717) is 0 Å². The molecule has 0 fully saturated rings. The number of hydrogen-bond donors (Lipinski definition) is 0. The van der Waals surface area contributed by atoms with Gasteiger partial charge in [0.15, 0.2) is 0 Å². The summed E-state index contributed by atoms with van der Waals surface area (Å²) in [6.45, 7) is 2.13. The maximum atomic E-state index is 4.31. The molecule has 0 aliphatic heterocycles. The zero-order chi connectivity index (χ0) is 12.4. The second-order valence-corrected chi connectivity index (χ2v) is 5.53. The van der Waals surface area contributed by atoms with Crippen LogP contribution in [-0.4, -0.2) is 4.98 Å². The van der Waals surface area contributed by atoms with Crippen LogP contribution in [-0.2, 0) is 12.8 Å². The number of fused-ring (bicyclic) bond motifs is 1. The highest BCUT2D eigenvalue weighted by molar-refractivity contribution is 7.16.